The molecule has 0 unspecified atom stereocenters. The smallest absolute Gasteiger partial charge is 0.336 e. The van der Waals surface area contributed by atoms with Gasteiger partial charge in [-0.25, -0.2) is 13.6 Å². The molecule has 1 amide bonds. The van der Waals surface area contributed by atoms with E-state index in [4.69, 9.17) is 9.15 Å². The van der Waals surface area contributed by atoms with Crippen molar-refractivity contribution in [3.8, 4) is 5.75 Å². The van der Waals surface area contributed by atoms with Gasteiger partial charge in [0, 0.05) is 23.6 Å². The lowest BCUT2D eigenvalue weighted by atomic mass is 10.1. The first-order valence-electron chi connectivity index (χ1n) is 7.34. The molecule has 0 saturated heterocycles. The summed E-state index contributed by atoms with van der Waals surface area (Å²) in [6.07, 6.45) is 0. The number of nitrogens with one attached hydrogen (secondary N) is 1. The molecule has 2 aromatic carbocycles. The summed E-state index contributed by atoms with van der Waals surface area (Å²) in [5.41, 5.74) is 0.483. The molecule has 7 heteroatoms. The number of carbonyl (C=O) groups is 1. The van der Waals surface area contributed by atoms with E-state index in [-0.39, 0.29) is 5.69 Å². The molecular weight excluding hydrogens is 332 g/mol. The molecule has 3 rings (SSSR count). The zero-order valence-electron chi connectivity index (χ0n) is 13.1. The molecule has 0 spiro atoms. The number of rotatable bonds is 4. The van der Waals surface area contributed by atoms with Gasteiger partial charge in [-0.2, -0.15) is 0 Å². The van der Waals surface area contributed by atoms with Crippen LogP contribution in [0.2, 0.25) is 0 Å². The fourth-order valence-corrected chi connectivity index (χ4v) is 2.32. The number of amides is 1. The second-order valence-corrected chi connectivity index (χ2v) is 5.37. The van der Waals surface area contributed by atoms with E-state index in [2.05, 4.69) is 5.32 Å². The van der Waals surface area contributed by atoms with Gasteiger partial charge in [-0.15, -0.1) is 0 Å². The molecule has 1 heterocycles. The van der Waals surface area contributed by atoms with Gasteiger partial charge in [-0.05, 0) is 36.8 Å². The summed E-state index contributed by atoms with van der Waals surface area (Å²) in [5.74, 6) is -1.91. The molecule has 0 fully saturated rings. The van der Waals surface area contributed by atoms with Gasteiger partial charge in [0.25, 0.3) is 5.91 Å². The summed E-state index contributed by atoms with van der Waals surface area (Å²) in [7, 11) is 0. The van der Waals surface area contributed by atoms with Gasteiger partial charge < -0.3 is 14.5 Å². The molecular formula is C18H13F2NO4. The first-order valence-corrected chi connectivity index (χ1v) is 7.34. The molecule has 0 saturated carbocycles. The van der Waals surface area contributed by atoms with Crippen LogP contribution in [-0.4, -0.2) is 12.5 Å². The highest BCUT2D eigenvalue weighted by molar-refractivity contribution is 5.92. The standard InChI is InChI=1S/C18H13F2NO4/c1-10-6-18(23)25-16-8-12(3-4-13(10)16)24-9-17(22)21-15-5-2-11(19)7-14(15)20/h2-8H,9H2,1H3,(H,21,22). The largest absolute Gasteiger partial charge is 0.484 e. The molecule has 1 N–H and O–H groups in total. The van der Waals surface area contributed by atoms with Crippen LogP contribution in [0, 0.1) is 18.6 Å². The van der Waals surface area contributed by atoms with Crippen LogP contribution in [0.3, 0.4) is 0 Å². The Morgan fingerprint density at radius 3 is 2.72 bits per heavy atom. The predicted octanol–water partition coefficient (Wildman–Crippen LogP) is 3.40. The molecule has 0 aliphatic rings. The number of anilines is 1. The van der Waals surface area contributed by atoms with Crippen LogP contribution in [-0.2, 0) is 4.79 Å². The summed E-state index contributed by atoms with van der Waals surface area (Å²) < 4.78 is 36.7. The number of halogens is 2. The highest BCUT2D eigenvalue weighted by atomic mass is 19.1. The van der Waals surface area contributed by atoms with E-state index in [1.807, 2.05) is 0 Å². The van der Waals surface area contributed by atoms with Gasteiger partial charge in [0.05, 0.1) is 5.69 Å². The van der Waals surface area contributed by atoms with Crippen molar-refractivity contribution in [3.05, 3.63) is 70.1 Å². The van der Waals surface area contributed by atoms with E-state index in [0.29, 0.717) is 17.4 Å². The number of hydrogen-bond donors (Lipinski definition) is 1. The Bertz CT molecular complexity index is 1010. The Labute approximate surface area is 140 Å². The summed E-state index contributed by atoms with van der Waals surface area (Å²) >= 11 is 0. The van der Waals surface area contributed by atoms with Crippen molar-refractivity contribution in [1.29, 1.82) is 0 Å². The van der Waals surface area contributed by atoms with Crippen LogP contribution >= 0.6 is 0 Å². The highest BCUT2D eigenvalue weighted by Crippen LogP contribution is 2.22. The first-order chi connectivity index (χ1) is 11.9. The maximum Gasteiger partial charge on any atom is 0.336 e. The highest BCUT2D eigenvalue weighted by Gasteiger charge is 2.10. The topological polar surface area (TPSA) is 68.5 Å². The predicted molar refractivity (Wildman–Crippen MR) is 87.7 cm³/mol. The zero-order valence-corrected chi connectivity index (χ0v) is 13.1. The molecule has 1 aromatic heterocycles. The van der Waals surface area contributed by atoms with E-state index >= 15 is 0 Å². The van der Waals surface area contributed by atoms with E-state index in [1.54, 1.807) is 19.1 Å². The average Bonchev–Trinajstić information content (AvgIpc) is 2.55. The van der Waals surface area contributed by atoms with Crippen molar-refractivity contribution >= 4 is 22.6 Å². The fourth-order valence-electron chi connectivity index (χ4n) is 2.32. The molecule has 0 radical (unpaired) electrons. The third-order valence-electron chi connectivity index (χ3n) is 3.50. The minimum absolute atomic E-state index is 0.143. The minimum Gasteiger partial charge on any atom is -0.484 e. The zero-order chi connectivity index (χ0) is 18.0. The average molecular weight is 345 g/mol. The Kier molecular flexibility index (Phi) is 4.47. The lowest BCUT2D eigenvalue weighted by Crippen LogP contribution is -2.20. The van der Waals surface area contributed by atoms with Crippen molar-refractivity contribution in [1.82, 2.24) is 0 Å². The van der Waals surface area contributed by atoms with Crippen LogP contribution in [0.15, 0.2) is 51.7 Å². The summed E-state index contributed by atoms with van der Waals surface area (Å²) in [4.78, 5) is 23.2. The van der Waals surface area contributed by atoms with Crippen LogP contribution in [0.1, 0.15) is 5.56 Å². The minimum atomic E-state index is -0.878. The Hall–Kier alpha value is -3.22. The Morgan fingerprint density at radius 2 is 1.96 bits per heavy atom. The lowest BCUT2D eigenvalue weighted by molar-refractivity contribution is -0.118. The van der Waals surface area contributed by atoms with Crippen molar-refractivity contribution in [2.45, 2.75) is 6.92 Å². The maximum absolute atomic E-state index is 13.5. The fraction of sp³-hybridized carbons (Fsp3) is 0.111. The second kappa shape index (κ2) is 6.72. The van der Waals surface area contributed by atoms with Gasteiger partial charge in [0.1, 0.15) is 23.0 Å². The monoisotopic (exact) mass is 345 g/mol. The molecule has 0 aliphatic carbocycles. The molecule has 3 aromatic rings. The van der Waals surface area contributed by atoms with Crippen molar-refractivity contribution < 1.29 is 22.7 Å². The maximum atomic E-state index is 13.5. The van der Waals surface area contributed by atoms with E-state index in [1.165, 1.54) is 12.1 Å². The number of carbonyl (C=O) groups excluding carboxylic acids is 1. The van der Waals surface area contributed by atoms with Gasteiger partial charge in [0.15, 0.2) is 6.61 Å². The summed E-state index contributed by atoms with van der Waals surface area (Å²) in [6.45, 7) is 1.39. The van der Waals surface area contributed by atoms with Crippen molar-refractivity contribution in [2.24, 2.45) is 0 Å². The number of fused-ring (bicyclic) bond motifs is 1. The van der Waals surface area contributed by atoms with Crippen molar-refractivity contribution in [3.63, 3.8) is 0 Å². The number of hydrogen-bond acceptors (Lipinski definition) is 4. The third-order valence-corrected chi connectivity index (χ3v) is 3.50. The molecule has 0 bridgehead atoms. The first kappa shape index (κ1) is 16.6. The van der Waals surface area contributed by atoms with Gasteiger partial charge in [-0.3, -0.25) is 4.79 Å². The quantitative estimate of drug-likeness (QED) is 0.736. The summed E-state index contributed by atoms with van der Waals surface area (Å²) in [5, 5.41) is 3.04. The van der Waals surface area contributed by atoms with E-state index < -0.39 is 29.8 Å². The Morgan fingerprint density at radius 1 is 1.16 bits per heavy atom. The van der Waals surface area contributed by atoms with Crippen LogP contribution in [0.4, 0.5) is 14.5 Å². The number of benzene rings is 2. The molecule has 0 aliphatic heterocycles. The van der Waals surface area contributed by atoms with E-state index in [9.17, 15) is 18.4 Å². The molecule has 128 valence electrons. The van der Waals surface area contributed by atoms with Crippen LogP contribution < -0.4 is 15.7 Å². The van der Waals surface area contributed by atoms with Gasteiger partial charge in [-0.1, -0.05) is 0 Å². The van der Waals surface area contributed by atoms with E-state index in [0.717, 1.165) is 23.1 Å². The summed E-state index contributed by atoms with van der Waals surface area (Å²) in [6, 6.07) is 9.04. The Balaban J connectivity index is 1.69. The molecule has 0 atom stereocenters. The van der Waals surface area contributed by atoms with Gasteiger partial charge in [0.2, 0.25) is 0 Å². The SMILES string of the molecule is Cc1cc(=O)oc2cc(OCC(=O)Nc3ccc(F)cc3F)ccc12. The lowest BCUT2D eigenvalue weighted by Gasteiger charge is -2.09. The second-order valence-electron chi connectivity index (χ2n) is 5.37. The third kappa shape index (κ3) is 3.82. The van der Waals surface area contributed by atoms with Gasteiger partial charge >= 0.3 is 5.63 Å². The van der Waals surface area contributed by atoms with Crippen LogP contribution in [0.5, 0.6) is 5.75 Å². The number of aryl methyl sites for hydroxylation is 1. The molecule has 25 heavy (non-hydrogen) atoms. The molecule has 5 nitrogen and oxygen atoms in total. The normalized spacial score (nSPS) is 10.7. The van der Waals surface area contributed by atoms with Crippen LogP contribution in [0.25, 0.3) is 11.0 Å². The van der Waals surface area contributed by atoms with Crippen molar-refractivity contribution in [2.75, 3.05) is 11.9 Å². The number of ether oxygens (including phenoxy) is 1.